The van der Waals surface area contributed by atoms with E-state index in [1.807, 2.05) is 25.1 Å². The van der Waals surface area contributed by atoms with Gasteiger partial charge in [-0.05, 0) is 53.9 Å². The Morgan fingerprint density at radius 2 is 2.19 bits per heavy atom. The maximum absolute atomic E-state index is 12.3. The summed E-state index contributed by atoms with van der Waals surface area (Å²) >= 11 is 3.41. The second-order valence-electron chi connectivity index (χ2n) is 5.30. The average molecular weight is 356 g/mol. The van der Waals surface area contributed by atoms with Crippen molar-refractivity contribution < 1.29 is 19.4 Å². The van der Waals surface area contributed by atoms with E-state index >= 15 is 0 Å². The van der Waals surface area contributed by atoms with Crippen LogP contribution in [0.3, 0.4) is 0 Å². The van der Waals surface area contributed by atoms with Gasteiger partial charge < -0.3 is 14.7 Å². The molecule has 6 heteroatoms. The van der Waals surface area contributed by atoms with Gasteiger partial charge in [0.05, 0.1) is 10.4 Å². The molecule has 1 saturated heterocycles. The van der Waals surface area contributed by atoms with Gasteiger partial charge in [-0.15, -0.1) is 0 Å². The summed E-state index contributed by atoms with van der Waals surface area (Å²) in [5, 5.41) is 8.97. The summed E-state index contributed by atoms with van der Waals surface area (Å²) in [4.78, 5) is 24.8. The zero-order chi connectivity index (χ0) is 15.6. The molecule has 1 aromatic carbocycles. The van der Waals surface area contributed by atoms with E-state index in [1.165, 1.54) is 0 Å². The molecule has 1 fully saturated rings. The number of aryl methyl sites for hydroxylation is 1. The smallest absolute Gasteiger partial charge is 0.308 e. The predicted molar refractivity (Wildman–Crippen MR) is 81.3 cm³/mol. The zero-order valence-electron chi connectivity index (χ0n) is 12.0. The number of rotatable bonds is 4. The van der Waals surface area contributed by atoms with E-state index in [2.05, 4.69) is 15.9 Å². The molecular weight excluding hydrogens is 338 g/mol. The molecule has 21 heavy (non-hydrogen) atoms. The first-order valence-electron chi connectivity index (χ1n) is 6.83. The fourth-order valence-electron chi connectivity index (χ4n) is 2.36. The van der Waals surface area contributed by atoms with Gasteiger partial charge in [-0.3, -0.25) is 9.59 Å². The van der Waals surface area contributed by atoms with Crippen molar-refractivity contribution in [1.82, 2.24) is 4.90 Å². The molecule has 1 amide bonds. The van der Waals surface area contributed by atoms with Gasteiger partial charge in [-0.2, -0.15) is 0 Å². The molecule has 0 aliphatic carbocycles. The number of benzene rings is 1. The molecule has 114 valence electrons. The van der Waals surface area contributed by atoms with E-state index in [9.17, 15) is 9.59 Å². The van der Waals surface area contributed by atoms with Crippen LogP contribution in [-0.4, -0.2) is 41.1 Å². The van der Waals surface area contributed by atoms with Crippen molar-refractivity contribution in [2.45, 2.75) is 26.4 Å². The summed E-state index contributed by atoms with van der Waals surface area (Å²) in [6.45, 7) is 4.39. The minimum atomic E-state index is -0.847. The Hall–Kier alpha value is -1.56. The SMILES string of the molecule is Cc1ccc(O[C@@H](C)C(=O)N2CC[C@@H](C(=O)O)C2)c(Br)c1. The number of amides is 1. The van der Waals surface area contributed by atoms with E-state index in [-0.39, 0.29) is 12.5 Å². The first-order chi connectivity index (χ1) is 9.88. The third kappa shape index (κ3) is 3.75. The Morgan fingerprint density at radius 3 is 2.76 bits per heavy atom. The standard InChI is InChI=1S/C15H18BrNO4/c1-9-3-4-13(12(16)7-9)21-10(2)14(18)17-6-5-11(8-17)15(19)20/h3-4,7,10-11H,5-6,8H2,1-2H3,(H,19,20)/t10-,11+/m0/s1. The van der Waals surface area contributed by atoms with Crippen LogP contribution in [0.2, 0.25) is 0 Å². The molecule has 0 unspecified atom stereocenters. The van der Waals surface area contributed by atoms with Crippen molar-refractivity contribution in [2.24, 2.45) is 5.92 Å². The molecule has 1 aliphatic heterocycles. The maximum Gasteiger partial charge on any atom is 0.308 e. The molecule has 2 rings (SSSR count). The minimum absolute atomic E-state index is 0.175. The van der Waals surface area contributed by atoms with Gasteiger partial charge in [0.1, 0.15) is 5.75 Å². The topological polar surface area (TPSA) is 66.8 Å². The van der Waals surface area contributed by atoms with Gasteiger partial charge in [-0.1, -0.05) is 6.07 Å². The van der Waals surface area contributed by atoms with Crippen LogP contribution >= 0.6 is 15.9 Å². The zero-order valence-corrected chi connectivity index (χ0v) is 13.6. The van der Waals surface area contributed by atoms with E-state index in [1.54, 1.807) is 11.8 Å². The number of carboxylic acids is 1. The van der Waals surface area contributed by atoms with E-state index in [0.717, 1.165) is 10.0 Å². The molecule has 0 aromatic heterocycles. The normalized spacial score (nSPS) is 19.4. The fourth-order valence-corrected chi connectivity index (χ4v) is 2.95. The number of carbonyl (C=O) groups is 2. The van der Waals surface area contributed by atoms with Crippen LogP contribution in [0.1, 0.15) is 18.9 Å². The number of nitrogens with zero attached hydrogens (tertiary/aromatic N) is 1. The van der Waals surface area contributed by atoms with Crippen molar-refractivity contribution in [1.29, 1.82) is 0 Å². The van der Waals surface area contributed by atoms with Gasteiger partial charge in [0, 0.05) is 13.1 Å². The number of likely N-dealkylation sites (tertiary alicyclic amines) is 1. The van der Waals surface area contributed by atoms with Crippen molar-refractivity contribution in [2.75, 3.05) is 13.1 Å². The van der Waals surface area contributed by atoms with Crippen molar-refractivity contribution in [3.05, 3.63) is 28.2 Å². The first kappa shape index (κ1) is 15.8. The lowest BCUT2D eigenvalue weighted by Crippen LogP contribution is -2.39. The average Bonchev–Trinajstić information content (AvgIpc) is 2.90. The van der Waals surface area contributed by atoms with Crippen molar-refractivity contribution in [3.8, 4) is 5.75 Å². The van der Waals surface area contributed by atoms with Crippen molar-refractivity contribution in [3.63, 3.8) is 0 Å². The van der Waals surface area contributed by atoms with Gasteiger partial charge in [0.15, 0.2) is 6.10 Å². The highest BCUT2D eigenvalue weighted by atomic mass is 79.9. The highest BCUT2D eigenvalue weighted by Crippen LogP contribution is 2.27. The molecule has 1 heterocycles. The molecule has 0 saturated carbocycles. The maximum atomic E-state index is 12.3. The van der Waals surface area contributed by atoms with E-state index < -0.39 is 18.0 Å². The van der Waals surface area contributed by atoms with Crippen LogP contribution in [0.5, 0.6) is 5.75 Å². The lowest BCUT2D eigenvalue weighted by Gasteiger charge is -2.22. The van der Waals surface area contributed by atoms with Crippen LogP contribution in [-0.2, 0) is 9.59 Å². The Balaban J connectivity index is 1.98. The lowest BCUT2D eigenvalue weighted by molar-refractivity contribution is -0.142. The van der Waals surface area contributed by atoms with Gasteiger partial charge in [0.25, 0.3) is 5.91 Å². The molecule has 1 aliphatic rings. The molecule has 5 nitrogen and oxygen atoms in total. The van der Waals surface area contributed by atoms with Crippen molar-refractivity contribution >= 4 is 27.8 Å². The van der Waals surface area contributed by atoms with Crippen LogP contribution in [0.25, 0.3) is 0 Å². The number of carboxylic acid groups (broad SMARTS) is 1. The number of halogens is 1. The summed E-state index contributed by atoms with van der Waals surface area (Å²) in [6.07, 6.45) is -0.140. The highest BCUT2D eigenvalue weighted by molar-refractivity contribution is 9.10. The lowest BCUT2D eigenvalue weighted by atomic mass is 10.1. The fraction of sp³-hybridized carbons (Fsp3) is 0.467. The summed E-state index contributed by atoms with van der Waals surface area (Å²) in [7, 11) is 0. The van der Waals surface area contributed by atoms with E-state index in [4.69, 9.17) is 9.84 Å². The molecule has 0 spiro atoms. The summed E-state index contributed by atoms with van der Waals surface area (Å²) in [6, 6.07) is 5.64. The van der Waals surface area contributed by atoms with Gasteiger partial charge >= 0.3 is 5.97 Å². The quantitative estimate of drug-likeness (QED) is 0.900. The molecule has 0 radical (unpaired) electrons. The molecule has 0 bridgehead atoms. The summed E-state index contributed by atoms with van der Waals surface area (Å²) < 4.78 is 6.48. The number of ether oxygens (including phenoxy) is 1. The van der Waals surface area contributed by atoms with Gasteiger partial charge in [0.2, 0.25) is 0 Å². The minimum Gasteiger partial charge on any atom is -0.481 e. The second-order valence-corrected chi connectivity index (χ2v) is 6.16. The first-order valence-corrected chi connectivity index (χ1v) is 7.62. The second kappa shape index (κ2) is 6.47. The van der Waals surface area contributed by atoms with Gasteiger partial charge in [-0.25, -0.2) is 0 Å². The van der Waals surface area contributed by atoms with Crippen LogP contribution in [0.15, 0.2) is 22.7 Å². The summed E-state index contributed by atoms with van der Waals surface area (Å²) in [5.41, 5.74) is 1.09. The Kier molecular flexibility index (Phi) is 4.88. The van der Waals surface area contributed by atoms with Crippen LogP contribution < -0.4 is 4.74 Å². The number of aliphatic carboxylic acids is 1. The molecule has 1 aromatic rings. The van der Waals surface area contributed by atoms with E-state index in [0.29, 0.717) is 18.7 Å². The monoisotopic (exact) mass is 355 g/mol. The number of carbonyl (C=O) groups excluding carboxylic acids is 1. The largest absolute Gasteiger partial charge is 0.481 e. The Labute approximate surface area is 132 Å². The summed E-state index contributed by atoms with van der Waals surface area (Å²) in [5.74, 6) is -0.880. The number of hydrogen-bond acceptors (Lipinski definition) is 3. The predicted octanol–water partition coefficient (Wildman–Crippen LogP) is 2.46. The molecular formula is C15H18BrNO4. The third-order valence-corrected chi connectivity index (χ3v) is 4.21. The third-order valence-electron chi connectivity index (χ3n) is 3.59. The Morgan fingerprint density at radius 1 is 1.48 bits per heavy atom. The molecule has 1 N–H and O–H groups in total. The van der Waals surface area contributed by atoms with Crippen LogP contribution in [0, 0.1) is 12.8 Å². The molecule has 2 atom stereocenters. The number of hydrogen-bond donors (Lipinski definition) is 1. The highest BCUT2D eigenvalue weighted by Gasteiger charge is 2.33. The Bertz CT molecular complexity index is 561. The van der Waals surface area contributed by atoms with Crippen LogP contribution in [0.4, 0.5) is 0 Å².